The van der Waals surface area contributed by atoms with Crippen LogP contribution in [-0.4, -0.2) is 29.3 Å². The molecule has 0 N–H and O–H groups in total. The molecule has 8 heteroatoms. The maximum atomic E-state index is 12.0. The molecule has 0 aliphatic heterocycles. The van der Waals surface area contributed by atoms with Gasteiger partial charge in [0, 0.05) is 10.7 Å². The molecule has 1 unspecified atom stereocenters. The first-order valence-electron chi connectivity index (χ1n) is 5.16. The summed E-state index contributed by atoms with van der Waals surface area (Å²) in [6.07, 6.45) is 1.31. The Kier molecular flexibility index (Phi) is 5.37. The third kappa shape index (κ3) is 3.47. The quantitative estimate of drug-likeness (QED) is 0.354. The molecular weight excluding hydrogens is 281 g/mol. The lowest BCUT2D eigenvalue weighted by Gasteiger charge is -2.11. The molecule has 0 aliphatic carbocycles. The zero-order valence-electron chi connectivity index (χ0n) is 9.76. The Morgan fingerprint density at radius 1 is 1.42 bits per heavy atom. The maximum Gasteiger partial charge on any atom is 0.370 e. The fraction of sp³-hybridized carbons (Fsp3) is 0.273. The molecule has 0 amide bonds. The minimum Gasteiger partial charge on any atom is -0.465 e. The van der Waals surface area contributed by atoms with Gasteiger partial charge in [-0.2, -0.15) is 0 Å². The molecule has 0 aromatic carbocycles. The summed E-state index contributed by atoms with van der Waals surface area (Å²) in [5.74, 6) is -5.98. The number of halogens is 2. The molecule has 0 saturated heterocycles. The van der Waals surface area contributed by atoms with Gasteiger partial charge in [0.2, 0.25) is 5.92 Å². The molecular formula is C11H9ClFNO5. The minimum absolute atomic E-state index is 0.0804. The predicted octanol–water partition coefficient (Wildman–Crippen LogP) is 1.52. The number of esters is 1. The van der Waals surface area contributed by atoms with E-state index in [1.54, 1.807) is 0 Å². The van der Waals surface area contributed by atoms with E-state index in [1.165, 1.54) is 25.3 Å². The van der Waals surface area contributed by atoms with E-state index in [2.05, 4.69) is 14.7 Å². The van der Waals surface area contributed by atoms with Crippen molar-refractivity contribution in [2.45, 2.75) is 6.92 Å². The molecule has 0 radical (unpaired) electrons. The van der Waals surface area contributed by atoms with E-state index in [9.17, 15) is 18.9 Å². The summed E-state index contributed by atoms with van der Waals surface area (Å²) in [5.41, 5.74) is -0.201. The van der Waals surface area contributed by atoms with E-state index in [1.807, 2.05) is 0 Å². The van der Waals surface area contributed by atoms with E-state index in [4.69, 9.17) is 11.6 Å². The average molecular weight is 290 g/mol. The molecule has 19 heavy (non-hydrogen) atoms. The van der Waals surface area contributed by atoms with Crippen molar-refractivity contribution in [2.24, 2.45) is 5.92 Å². The molecule has 1 aromatic heterocycles. The van der Waals surface area contributed by atoms with Crippen LogP contribution in [0.2, 0.25) is 5.15 Å². The first-order valence-corrected chi connectivity index (χ1v) is 5.54. The van der Waals surface area contributed by atoms with Crippen molar-refractivity contribution >= 4 is 29.3 Å². The van der Waals surface area contributed by atoms with E-state index in [0.29, 0.717) is 0 Å². The van der Waals surface area contributed by atoms with Crippen LogP contribution in [0, 0.1) is 5.92 Å². The molecule has 0 bridgehead atoms. The Balaban J connectivity index is 3.12. The second kappa shape index (κ2) is 6.79. The van der Waals surface area contributed by atoms with Crippen LogP contribution in [0.15, 0.2) is 18.3 Å². The van der Waals surface area contributed by atoms with Gasteiger partial charge < -0.3 is 4.74 Å². The van der Waals surface area contributed by atoms with Crippen LogP contribution >= 0.6 is 11.6 Å². The smallest absolute Gasteiger partial charge is 0.370 e. The van der Waals surface area contributed by atoms with E-state index >= 15 is 0 Å². The maximum absolute atomic E-state index is 12.0. The van der Waals surface area contributed by atoms with Gasteiger partial charge >= 0.3 is 11.9 Å². The van der Waals surface area contributed by atoms with E-state index in [-0.39, 0.29) is 17.3 Å². The van der Waals surface area contributed by atoms with Gasteiger partial charge in [0.1, 0.15) is 5.15 Å². The molecule has 1 atom stereocenters. The number of ketones is 1. The highest BCUT2D eigenvalue weighted by molar-refractivity contribution is 6.34. The summed E-state index contributed by atoms with van der Waals surface area (Å²) in [6, 6.07) is 2.62. The molecule has 0 spiro atoms. The summed E-state index contributed by atoms with van der Waals surface area (Å²) in [6.45, 7) is 1.39. The number of ether oxygens (including phenoxy) is 1. The Hall–Kier alpha value is -2.02. The highest BCUT2D eigenvalue weighted by Crippen LogP contribution is 2.18. The molecule has 0 aliphatic rings. The first-order chi connectivity index (χ1) is 9.02. The summed E-state index contributed by atoms with van der Waals surface area (Å²) >= 11 is 5.66. The Bertz CT molecular complexity index is 508. The molecule has 1 aromatic rings. The number of rotatable bonds is 5. The summed E-state index contributed by atoms with van der Waals surface area (Å²) in [5, 5.41) is -0.214. The second-order valence-corrected chi connectivity index (χ2v) is 3.65. The van der Waals surface area contributed by atoms with Crippen LogP contribution in [0.1, 0.15) is 17.3 Å². The lowest BCUT2D eigenvalue weighted by molar-refractivity contribution is -0.190. The monoisotopic (exact) mass is 289 g/mol. The molecule has 1 rings (SSSR count). The number of hydrogen-bond donors (Lipinski definition) is 0. The van der Waals surface area contributed by atoms with Crippen LogP contribution in [0.4, 0.5) is 4.53 Å². The first kappa shape index (κ1) is 15.0. The summed E-state index contributed by atoms with van der Waals surface area (Å²) < 4.78 is 16.5. The highest BCUT2D eigenvalue weighted by atomic mass is 35.5. The highest BCUT2D eigenvalue weighted by Gasteiger charge is 2.39. The van der Waals surface area contributed by atoms with Gasteiger partial charge in [-0.3, -0.25) is 14.5 Å². The minimum atomic E-state index is -2.06. The molecule has 0 saturated carbocycles. The Morgan fingerprint density at radius 2 is 2.11 bits per heavy atom. The number of carbonyl (C=O) groups excluding carboxylic acids is 3. The third-order valence-corrected chi connectivity index (χ3v) is 2.42. The fourth-order valence-corrected chi connectivity index (χ4v) is 1.52. The molecule has 0 fully saturated rings. The summed E-state index contributed by atoms with van der Waals surface area (Å²) in [4.78, 5) is 41.2. The number of pyridine rings is 1. The second-order valence-electron chi connectivity index (χ2n) is 3.29. The molecule has 6 nitrogen and oxygen atoms in total. The van der Waals surface area contributed by atoms with Gasteiger partial charge in [-0.05, 0) is 19.1 Å². The number of Topliss-reactive ketones (excluding diaryl/α,β-unsaturated/α-hetero) is 1. The van der Waals surface area contributed by atoms with Gasteiger partial charge in [-0.25, -0.2) is 9.78 Å². The van der Waals surface area contributed by atoms with Crippen LogP contribution in [0.5, 0.6) is 0 Å². The topological polar surface area (TPSA) is 82.6 Å². The molecule has 102 valence electrons. The van der Waals surface area contributed by atoms with Crippen molar-refractivity contribution in [1.29, 1.82) is 0 Å². The fourth-order valence-electron chi connectivity index (χ4n) is 1.31. The van der Waals surface area contributed by atoms with Gasteiger partial charge in [-0.15, -0.1) is 0 Å². The third-order valence-electron chi connectivity index (χ3n) is 2.12. The normalized spacial score (nSPS) is 11.5. The predicted molar refractivity (Wildman–Crippen MR) is 60.9 cm³/mol. The average Bonchev–Trinajstić information content (AvgIpc) is 2.39. The Morgan fingerprint density at radius 3 is 2.63 bits per heavy atom. The number of carbonyl (C=O) groups is 3. The van der Waals surface area contributed by atoms with Crippen molar-refractivity contribution in [3.63, 3.8) is 0 Å². The number of aromatic nitrogens is 1. The van der Waals surface area contributed by atoms with Crippen molar-refractivity contribution < 1.29 is 28.6 Å². The van der Waals surface area contributed by atoms with Crippen LogP contribution in [-0.2, 0) is 19.3 Å². The number of hydrogen-bond acceptors (Lipinski definition) is 6. The van der Waals surface area contributed by atoms with E-state index in [0.717, 1.165) is 0 Å². The summed E-state index contributed by atoms with van der Waals surface area (Å²) in [7, 11) is 0. The largest absolute Gasteiger partial charge is 0.465 e. The van der Waals surface area contributed by atoms with Crippen molar-refractivity contribution in [2.75, 3.05) is 6.61 Å². The van der Waals surface area contributed by atoms with E-state index < -0.39 is 23.6 Å². The van der Waals surface area contributed by atoms with Crippen LogP contribution < -0.4 is 0 Å². The SMILES string of the molecule is CCOC(=O)C(C(=O)OF)C(=O)c1cccnc1Cl. The van der Waals surface area contributed by atoms with Gasteiger partial charge in [-0.1, -0.05) is 11.6 Å². The zero-order valence-corrected chi connectivity index (χ0v) is 10.5. The van der Waals surface area contributed by atoms with Gasteiger partial charge in [0.25, 0.3) is 0 Å². The van der Waals surface area contributed by atoms with Crippen LogP contribution in [0.25, 0.3) is 0 Å². The van der Waals surface area contributed by atoms with Crippen molar-refractivity contribution in [3.05, 3.63) is 29.0 Å². The lowest BCUT2D eigenvalue weighted by atomic mass is 9.99. The van der Waals surface area contributed by atoms with Gasteiger partial charge in [0.15, 0.2) is 5.78 Å². The Labute approximate surface area is 112 Å². The zero-order chi connectivity index (χ0) is 14.4. The standard InChI is InChI=1S/C11H9ClFNO5/c1-2-18-10(16)7(11(17)19-13)8(15)6-4-3-5-14-9(6)12/h3-5,7H,2H2,1H3. The lowest BCUT2D eigenvalue weighted by Crippen LogP contribution is -2.34. The number of nitrogens with zero attached hydrogens (tertiary/aromatic N) is 1. The van der Waals surface area contributed by atoms with Crippen molar-refractivity contribution in [1.82, 2.24) is 4.98 Å². The molecule has 1 heterocycles. The van der Waals surface area contributed by atoms with Crippen LogP contribution in [0.3, 0.4) is 0 Å². The van der Waals surface area contributed by atoms with Crippen molar-refractivity contribution in [3.8, 4) is 0 Å². The van der Waals surface area contributed by atoms with Gasteiger partial charge in [0.05, 0.1) is 12.2 Å².